The molecule has 0 spiro atoms. The number of rotatable bonds is 4. The smallest absolute Gasteiger partial charge is 0.481 e. The molecule has 0 aromatic carbocycles. The zero-order chi connectivity index (χ0) is 22.6. The van der Waals surface area contributed by atoms with Crippen molar-refractivity contribution in [1.82, 2.24) is 20.0 Å². The summed E-state index contributed by atoms with van der Waals surface area (Å²) in [6.45, 7) is 4.32. The Morgan fingerprint density at radius 3 is 2.77 bits per heavy atom. The van der Waals surface area contributed by atoms with Crippen molar-refractivity contribution in [2.24, 2.45) is 0 Å². The third-order valence-corrected chi connectivity index (χ3v) is 5.17. The molecule has 9 nitrogen and oxygen atoms in total. The number of aryl methyl sites for hydroxylation is 1. The van der Waals surface area contributed by atoms with Gasteiger partial charge in [-0.1, -0.05) is 11.2 Å². The SMILES string of the molecule is COc1ncccc1CN1C[C@@H](c2nc(C)no2)C[C@H]2OCC[C@H]21.O=C(O)C(F)(F)F. The fourth-order valence-corrected chi connectivity index (χ4v) is 3.84. The minimum atomic E-state index is -5.08. The summed E-state index contributed by atoms with van der Waals surface area (Å²) in [5, 5.41) is 11.1. The van der Waals surface area contributed by atoms with E-state index in [1.165, 1.54) is 0 Å². The Labute approximate surface area is 176 Å². The second-order valence-corrected chi connectivity index (χ2v) is 7.28. The first-order chi connectivity index (χ1) is 14.7. The molecule has 0 unspecified atom stereocenters. The number of methoxy groups -OCH3 is 1. The van der Waals surface area contributed by atoms with Crippen LogP contribution in [0.5, 0.6) is 5.88 Å². The van der Waals surface area contributed by atoms with Gasteiger partial charge in [0.2, 0.25) is 11.8 Å². The molecule has 0 bridgehead atoms. The quantitative estimate of drug-likeness (QED) is 0.761. The van der Waals surface area contributed by atoms with Gasteiger partial charge in [-0.2, -0.15) is 18.2 Å². The lowest BCUT2D eigenvalue weighted by Gasteiger charge is -2.39. The van der Waals surface area contributed by atoms with Crippen molar-refractivity contribution in [3.63, 3.8) is 0 Å². The van der Waals surface area contributed by atoms with Crippen LogP contribution in [0.3, 0.4) is 0 Å². The van der Waals surface area contributed by atoms with Crippen LogP contribution >= 0.6 is 0 Å². The molecule has 3 atom stereocenters. The fourth-order valence-electron chi connectivity index (χ4n) is 3.84. The van der Waals surface area contributed by atoms with Gasteiger partial charge < -0.3 is 19.1 Å². The van der Waals surface area contributed by atoms with E-state index in [1.54, 1.807) is 13.3 Å². The summed E-state index contributed by atoms with van der Waals surface area (Å²) in [6, 6.07) is 4.44. The van der Waals surface area contributed by atoms with Crippen LogP contribution in [-0.4, -0.2) is 69.7 Å². The Kier molecular flexibility index (Phi) is 7.11. The Balaban J connectivity index is 0.000000339. The molecule has 2 saturated heterocycles. The number of nitrogens with zero attached hydrogens (tertiary/aromatic N) is 4. The maximum Gasteiger partial charge on any atom is 0.490 e. The van der Waals surface area contributed by atoms with Crippen LogP contribution in [0.1, 0.15) is 36.0 Å². The number of fused-ring (bicyclic) bond motifs is 1. The van der Waals surface area contributed by atoms with Gasteiger partial charge in [0.05, 0.1) is 19.1 Å². The zero-order valence-corrected chi connectivity index (χ0v) is 17.0. The summed E-state index contributed by atoms with van der Waals surface area (Å²) in [5.74, 6) is -0.478. The molecule has 2 aromatic rings. The van der Waals surface area contributed by atoms with Crippen molar-refractivity contribution in [1.29, 1.82) is 0 Å². The molecule has 1 N–H and O–H groups in total. The van der Waals surface area contributed by atoms with Gasteiger partial charge >= 0.3 is 12.1 Å². The first-order valence-corrected chi connectivity index (χ1v) is 9.63. The van der Waals surface area contributed by atoms with Crippen molar-refractivity contribution in [3.05, 3.63) is 35.6 Å². The number of alkyl halides is 3. The summed E-state index contributed by atoms with van der Waals surface area (Å²) in [5.41, 5.74) is 1.09. The van der Waals surface area contributed by atoms with Gasteiger partial charge in [0, 0.05) is 37.5 Å². The van der Waals surface area contributed by atoms with Crippen LogP contribution in [0.15, 0.2) is 22.9 Å². The highest BCUT2D eigenvalue weighted by atomic mass is 19.4. The number of ether oxygens (including phenoxy) is 2. The first-order valence-electron chi connectivity index (χ1n) is 9.63. The monoisotopic (exact) mass is 444 g/mol. The molecular weight excluding hydrogens is 421 g/mol. The maximum absolute atomic E-state index is 10.6. The topological polar surface area (TPSA) is 111 Å². The van der Waals surface area contributed by atoms with E-state index in [2.05, 4.69) is 26.1 Å². The van der Waals surface area contributed by atoms with E-state index in [0.29, 0.717) is 23.6 Å². The third kappa shape index (κ3) is 5.70. The maximum atomic E-state index is 10.6. The predicted octanol–water partition coefficient (Wildman–Crippen LogP) is 2.56. The van der Waals surface area contributed by atoms with E-state index in [9.17, 15) is 13.2 Å². The number of pyridine rings is 1. The Bertz CT molecular complexity index is 891. The molecule has 170 valence electrons. The van der Waals surface area contributed by atoms with Crippen LogP contribution in [0, 0.1) is 6.92 Å². The molecule has 2 aromatic heterocycles. The van der Waals surface area contributed by atoms with Crippen molar-refractivity contribution >= 4 is 5.97 Å². The molecule has 0 amide bonds. The second-order valence-electron chi connectivity index (χ2n) is 7.28. The largest absolute Gasteiger partial charge is 0.490 e. The van der Waals surface area contributed by atoms with Crippen LogP contribution < -0.4 is 4.74 Å². The van der Waals surface area contributed by atoms with Crippen molar-refractivity contribution in [2.75, 3.05) is 20.3 Å². The lowest BCUT2D eigenvalue weighted by molar-refractivity contribution is -0.192. The number of aromatic nitrogens is 3. The minimum absolute atomic E-state index is 0.202. The highest BCUT2D eigenvalue weighted by molar-refractivity contribution is 5.73. The van der Waals surface area contributed by atoms with Crippen LogP contribution in [0.4, 0.5) is 13.2 Å². The lowest BCUT2D eigenvalue weighted by atomic mass is 9.89. The van der Waals surface area contributed by atoms with Gasteiger partial charge in [-0.05, 0) is 25.8 Å². The van der Waals surface area contributed by atoms with E-state index >= 15 is 0 Å². The zero-order valence-electron chi connectivity index (χ0n) is 17.0. The van der Waals surface area contributed by atoms with E-state index < -0.39 is 12.1 Å². The van der Waals surface area contributed by atoms with Gasteiger partial charge in [0.1, 0.15) is 0 Å². The number of carboxylic acid groups (broad SMARTS) is 1. The van der Waals surface area contributed by atoms with Gasteiger partial charge in [-0.3, -0.25) is 4.90 Å². The molecule has 0 saturated carbocycles. The molecule has 0 aliphatic carbocycles. The summed E-state index contributed by atoms with van der Waals surface area (Å²) in [7, 11) is 1.66. The molecule has 2 aliphatic rings. The number of carbonyl (C=O) groups is 1. The highest BCUT2D eigenvalue weighted by Crippen LogP contribution is 2.37. The number of likely N-dealkylation sites (tertiary alicyclic amines) is 1. The number of hydrogen-bond donors (Lipinski definition) is 1. The number of carboxylic acids is 1. The highest BCUT2D eigenvalue weighted by Gasteiger charge is 2.42. The van der Waals surface area contributed by atoms with E-state index in [4.69, 9.17) is 23.9 Å². The van der Waals surface area contributed by atoms with Gasteiger partial charge in [-0.15, -0.1) is 0 Å². The molecular formula is C19H23F3N4O5. The number of piperidine rings is 1. The van der Waals surface area contributed by atoms with Crippen LogP contribution in [0.25, 0.3) is 0 Å². The second kappa shape index (κ2) is 9.60. The molecule has 2 fully saturated rings. The predicted molar refractivity (Wildman–Crippen MR) is 99.4 cm³/mol. The molecule has 0 radical (unpaired) electrons. The summed E-state index contributed by atoms with van der Waals surface area (Å²) < 4.78 is 48.5. The Morgan fingerprint density at radius 2 is 2.16 bits per heavy atom. The molecule has 31 heavy (non-hydrogen) atoms. The standard InChI is InChI=1S/C17H22N4O3.C2HF3O2/c1-11-19-17(24-20-11)13-8-15-14(5-7-23-15)21(10-13)9-12-4-3-6-18-16(12)22-2;3-2(4,5)1(6)7/h3-4,6,13-15H,5,7-10H2,1-2H3;(H,6,7)/t13-,14+,15+;/m0./s1. The first kappa shape index (κ1) is 22.9. The molecule has 4 heterocycles. The van der Waals surface area contributed by atoms with Crippen LogP contribution in [-0.2, 0) is 16.1 Å². The molecule has 2 aliphatic heterocycles. The summed E-state index contributed by atoms with van der Waals surface area (Å²) >= 11 is 0. The van der Waals surface area contributed by atoms with Gasteiger partial charge in [-0.25, -0.2) is 9.78 Å². The molecule has 4 rings (SSSR count). The van der Waals surface area contributed by atoms with Crippen molar-refractivity contribution in [3.8, 4) is 5.88 Å². The van der Waals surface area contributed by atoms with Gasteiger partial charge in [0.25, 0.3) is 0 Å². The van der Waals surface area contributed by atoms with Crippen molar-refractivity contribution in [2.45, 2.75) is 50.6 Å². The lowest BCUT2D eigenvalue weighted by Crippen LogP contribution is -2.48. The van der Waals surface area contributed by atoms with E-state index in [1.807, 2.05) is 13.0 Å². The Hall–Kier alpha value is -2.73. The van der Waals surface area contributed by atoms with E-state index in [0.717, 1.165) is 38.1 Å². The van der Waals surface area contributed by atoms with Crippen molar-refractivity contribution < 1.29 is 37.1 Å². The summed E-state index contributed by atoms with van der Waals surface area (Å²) in [4.78, 5) is 20.1. The normalized spacial score (nSPS) is 23.6. The number of hydrogen-bond acceptors (Lipinski definition) is 8. The minimum Gasteiger partial charge on any atom is -0.481 e. The van der Waals surface area contributed by atoms with Crippen LogP contribution in [0.2, 0.25) is 0 Å². The van der Waals surface area contributed by atoms with E-state index in [-0.39, 0.29) is 12.0 Å². The molecule has 12 heteroatoms. The fraction of sp³-hybridized carbons (Fsp3) is 0.579. The summed E-state index contributed by atoms with van der Waals surface area (Å²) in [6.07, 6.45) is -1.11. The Morgan fingerprint density at radius 1 is 1.42 bits per heavy atom. The number of aliphatic carboxylic acids is 1. The number of halogens is 3. The third-order valence-electron chi connectivity index (χ3n) is 5.17. The van der Waals surface area contributed by atoms with Gasteiger partial charge in [0.15, 0.2) is 5.82 Å². The average Bonchev–Trinajstić information content (AvgIpc) is 3.37. The average molecular weight is 444 g/mol.